The van der Waals surface area contributed by atoms with Gasteiger partial charge in [-0.25, -0.2) is 0 Å². The van der Waals surface area contributed by atoms with Crippen LogP contribution in [0.5, 0.6) is 0 Å². The molecule has 0 heterocycles. The number of nitrogens with zero attached hydrogens (tertiary/aromatic N) is 1. The van der Waals surface area contributed by atoms with E-state index < -0.39 is 0 Å². The maximum Gasteiger partial charge on any atom is 0.168 e. The van der Waals surface area contributed by atoms with E-state index >= 15 is 0 Å². The van der Waals surface area contributed by atoms with Gasteiger partial charge in [0.05, 0.1) is 11.3 Å². The Bertz CT molecular complexity index is 661. The molecule has 0 spiro atoms. The first-order valence-electron chi connectivity index (χ1n) is 10.6. The van der Waals surface area contributed by atoms with Crippen molar-refractivity contribution in [1.29, 1.82) is 0 Å². The van der Waals surface area contributed by atoms with E-state index in [4.69, 9.17) is 4.84 Å². The van der Waals surface area contributed by atoms with Gasteiger partial charge in [-0.05, 0) is 54.3 Å². The number of carbonyl (C=O) groups excluding carboxylic acids is 1. The molecule has 0 saturated heterocycles. The fraction of sp³-hybridized carbons (Fsp3) is 0.739. The molecule has 3 saturated carbocycles. The summed E-state index contributed by atoms with van der Waals surface area (Å²) in [5.74, 6) is 3.20. The van der Waals surface area contributed by atoms with Gasteiger partial charge in [0.1, 0.15) is 12.4 Å². The van der Waals surface area contributed by atoms with Gasteiger partial charge in [-0.3, -0.25) is 4.79 Å². The van der Waals surface area contributed by atoms with Crippen molar-refractivity contribution < 1.29 is 14.7 Å². The molecule has 0 aliphatic heterocycles. The Hall–Kier alpha value is -1.58. The molecule has 3 fully saturated rings. The van der Waals surface area contributed by atoms with Crippen molar-refractivity contribution in [3.8, 4) is 0 Å². The predicted molar refractivity (Wildman–Crippen MR) is 109 cm³/mol. The maximum atomic E-state index is 13.0. The summed E-state index contributed by atoms with van der Waals surface area (Å²) in [7, 11) is 0. The third-order valence-electron chi connectivity index (χ3n) is 7.63. The lowest BCUT2D eigenvalue weighted by atomic mass is 9.42. The van der Waals surface area contributed by atoms with Gasteiger partial charge in [0.25, 0.3) is 0 Å². The summed E-state index contributed by atoms with van der Waals surface area (Å²) < 4.78 is 0. The number of aliphatic hydroxyl groups is 1. The summed E-state index contributed by atoms with van der Waals surface area (Å²) in [6.45, 7) is 13.1. The summed E-state index contributed by atoms with van der Waals surface area (Å²) in [5, 5.41) is 14.9. The molecule has 4 nitrogen and oxygen atoms in total. The van der Waals surface area contributed by atoms with Gasteiger partial charge < -0.3 is 9.94 Å². The first-order chi connectivity index (χ1) is 12.8. The van der Waals surface area contributed by atoms with Gasteiger partial charge in [-0.15, -0.1) is 0 Å². The number of rotatable bonds is 7. The van der Waals surface area contributed by atoms with Crippen LogP contribution in [-0.2, 0) is 9.63 Å². The molecular weight excluding hydrogens is 338 g/mol. The summed E-state index contributed by atoms with van der Waals surface area (Å²) >= 11 is 0. The third-order valence-corrected chi connectivity index (χ3v) is 7.63. The number of oxime groups is 1. The highest BCUT2D eigenvalue weighted by atomic mass is 16.6. The number of carbonyl (C=O) groups is 1. The molecule has 27 heavy (non-hydrogen) atoms. The minimum Gasteiger partial charge on any atom is -0.511 e. The summed E-state index contributed by atoms with van der Waals surface area (Å²) in [5.41, 5.74) is 1.44. The Morgan fingerprint density at radius 2 is 2.11 bits per heavy atom. The normalized spacial score (nSPS) is 35.6. The van der Waals surface area contributed by atoms with Gasteiger partial charge in [0.2, 0.25) is 0 Å². The second-order valence-corrected chi connectivity index (χ2v) is 9.40. The Kier molecular flexibility index (Phi) is 5.83. The van der Waals surface area contributed by atoms with Crippen molar-refractivity contribution in [2.45, 2.75) is 66.2 Å². The second-order valence-electron chi connectivity index (χ2n) is 9.40. The van der Waals surface area contributed by atoms with Crippen molar-refractivity contribution in [2.75, 3.05) is 6.61 Å². The van der Waals surface area contributed by atoms with E-state index in [2.05, 4.69) is 32.5 Å². The Labute approximate surface area is 163 Å². The van der Waals surface area contributed by atoms with Crippen molar-refractivity contribution in [1.82, 2.24) is 0 Å². The van der Waals surface area contributed by atoms with Crippen LogP contribution in [-0.4, -0.2) is 23.2 Å². The largest absolute Gasteiger partial charge is 0.511 e. The van der Waals surface area contributed by atoms with Crippen LogP contribution in [0, 0.1) is 35.0 Å². The smallest absolute Gasteiger partial charge is 0.168 e. The highest BCUT2D eigenvalue weighted by Crippen LogP contribution is 2.64. The first kappa shape index (κ1) is 20.2. The molecular formula is C23H35NO3. The zero-order valence-corrected chi connectivity index (χ0v) is 17.3. The van der Waals surface area contributed by atoms with Gasteiger partial charge in [0.15, 0.2) is 5.78 Å². The SMILES string of the molecule is C=CCON=C(CCC)C1=C(O)CC(C2CC3CC(C2C)C3(C)C)CC1=O. The molecule has 0 amide bonds. The monoisotopic (exact) mass is 373 g/mol. The number of hydrogen-bond donors (Lipinski definition) is 1. The number of ketones is 1. The minimum absolute atomic E-state index is 0.0314. The third kappa shape index (κ3) is 3.60. The molecule has 4 rings (SSSR count). The minimum atomic E-state index is 0.0314. The second kappa shape index (κ2) is 7.81. The maximum absolute atomic E-state index is 13.0. The topological polar surface area (TPSA) is 58.9 Å². The lowest BCUT2D eigenvalue weighted by Gasteiger charge is -2.63. The van der Waals surface area contributed by atoms with Crippen molar-refractivity contribution in [3.63, 3.8) is 0 Å². The molecule has 0 aromatic rings. The summed E-state index contributed by atoms with van der Waals surface area (Å²) in [6.07, 6.45) is 6.76. The van der Waals surface area contributed by atoms with Gasteiger partial charge in [-0.1, -0.05) is 51.9 Å². The fourth-order valence-electron chi connectivity index (χ4n) is 5.99. The van der Waals surface area contributed by atoms with E-state index in [1.165, 1.54) is 12.8 Å². The van der Waals surface area contributed by atoms with E-state index in [9.17, 15) is 9.90 Å². The average Bonchev–Trinajstić information content (AvgIpc) is 2.60. The zero-order chi connectivity index (χ0) is 19.8. The molecule has 150 valence electrons. The molecule has 0 aromatic heterocycles. The average molecular weight is 374 g/mol. The number of hydrogen-bond acceptors (Lipinski definition) is 4. The number of Topliss-reactive ketones (excluding diaryl/α,β-unsaturated/α-hetero) is 1. The van der Waals surface area contributed by atoms with Gasteiger partial charge in [-0.2, -0.15) is 0 Å². The molecule has 0 aromatic carbocycles. The molecule has 5 unspecified atom stereocenters. The molecule has 1 N–H and O–H groups in total. The van der Waals surface area contributed by atoms with Crippen LogP contribution >= 0.6 is 0 Å². The predicted octanol–water partition coefficient (Wildman–Crippen LogP) is 5.45. The highest BCUT2D eigenvalue weighted by molar-refractivity contribution is 6.23. The van der Waals surface area contributed by atoms with Gasteiger partial charge in [0, 0.05) is 12.8 Å². The molecule has 4 aliphatic rings. The lowest BCUT2D eigenvalue weighted by molar-refractivity contribution is -0.144. The van der Waals surface area contributed by atoms with E-state index in [0.29, 0.717) is 54.4 Å². The van der Waals surface area contributed by atoms with E-state index in [-0.39, 0.29) is 17.5 Å². The zero-order valence-electron chi connectivity index (χ0n) is 17.3. The molecule has 5 atom stereocenters. The molecule has 4 aliphatic carbocycles. The van der Waals surface area contributed by atoms with Crippen LogP contribution in [0.4, 0.5) is 0 Å². The molecule has 0 radical (unpaired) electrons. The van der Waals surface area contributed by atoms with E-state index in [1.54, 1.807) is 6.08 Å². The quantitative estimate of drug-likeness (QED) is 0.279. The van der Waals surface area contributed by atoms with Crippen molar-refractivity contribution in [3.05, 3.63) is 24.0 Å². The Morgan fingerprint density at radius 1 is 1.37 bits per heavy atom. The van der Waals surface area contributed by atoms with Crippen molar-refractivity contribution >= 4 is 11.5 Å². The fourth-order valence-corrected chi connectivity index (χ4v) is 5.99. The Balaban J connectivity index is 1.77. The Morgan fingerprint density at radius 3 is 2.67 bits per heavy atom. The molecule has 4 heteroatoms. The number of fused-ring (bicyclic) bond motifs is 2. The highest BCUT2D eigenvalue weighted by Gasteiger charge is 2.57. The summed E-state index contributed by atoms with van der Waals surface area (Å²) in [6, 6.07) is 0. The summed E-state index contributed by atoms with van der Waals surface area (Å²) in [4.78, 5) is 18.2. The van der Waals surface area contributed by atoms with Crippen LogP contribution in [0.25, 0.3) is 0 Å². The first-order valence-corrected chi connectivity index (χ1v) is 10.6. The van der Waals surface area contributed by atoms with Gasteiger partial charge >= 0.3 is 0 Å². The van der Waals surface area contributed by atoms with Crippen LogP contribution in [0.2, 0.25) is 0 Å². The van der Waals surface area contributed by atoms with Crippen LogP contribution in [0.15, 0.2) is 29.1 Å². The van der Waals surface area contributed by atoms with Crippen LogP contribution in [0.1, 0.15) is 66.2 Å². The number of allylic oxidation sites excluding steroid dienone is 2. The van der Waals surface area contributed by atoms with E-state index in [1.807, 2.05) is 6.92 Å². The van der Waals surface area contributed by atoms with Crippen LogP contribution in [0.3, 0.4) is 0 Å². The van der Waals surface area contributed by atoms with Crippen LogP contribution < -0.4 is 0 Å². The number of aliphatic hydroxyl groups excluding tert-OH is 1. The van der Waals surface area contributed by atoms with Crippen molar-refractivity contribution in [2.24, 2.45) is 40.2 Å². The lowest BCUT2D eigenvalue weighted by Crippen LogP contribution is -2.56. The molecule has 2 bridgehead atoms. The van der Waals surface area contributed by atoms with E-state index in [0.717, 1.165) is 18.3 Å². The standard InChI is InChI=1S/C23H35NO3/c1-6-8-19(24-27-9-7-2)22-20(25)10-15(11-21(22)26)17-12-16-13-18(14(17)3)23(16,4)5/h7,14-18,25H,2,6,8-13H2,1,3-5H3.